The molecule has 0 unspecified atom stereocenters. The maximum Gasteiger partial charge on any atom is 0.130 e. The first kappa shape index (κ1) is 11.3. The third-order valence-corrected chi connectivity index (χ3v) is 4.37. The molecule has 1 N–H and O–H groups in total. The van der Waals surface area contributed by atoms with Crippen molar-refractivity contribution in [1.82, 2.24) is 0 Å². The zero-order valence-electron chi connectivity index (χ0n) is 9.63. The molecular formula is C15H11NOS. The summed E-state index contributed by atoms with van der Waals surface area (Å²) in [5, 5.41) is 20.0. The molecule has 0 saturated carbocycles. The maximum absolute atomic E-state index is 10.9. The van der Waals surface area contributed by atoms with Crippen molar-refractivity contribution >= 4 is 11.8 Å². The van der Waals surface area contributed by atoms with E-state index in [1.165, 1.54) is 0 Å². The average Bonchev–Trinajstić information content (AvgIpc) is 2.40. The summed E-state index contributed by atoms with van der Waals surface area (Å²) < 4.78 is 0. The molecule has 2 aromatic carbocycles. The minimum Gasteiger partial charge on any atom is -0.379 e. The van der Waals surface area contributed by atoms with Crippen molar-refractivity contribution in [3.63, 3.8) is 0 Å². The van der Waals surface area contributed by atoms with Gasteiger partial charge in [-0.15, -0.1) is 0 Å². The lowest BCUT2D eigenvalue weighted by molar-refractivity contribution is 0.0791. The summed E-state index contributed by atoms with van der Waals surface area (Å²) in [5.41, 5.74) is 0.471. The molecule has 0 bridgehead atoms. The van der Waals surface area contributed by atoms with Gasteiger partial charge in [0.1, 0.15) is 5.60 Å². The molecule has 1 heterocycles. The van der Waals surface area contributed by atoms with Gasteiger partial charge in [-0.1, -0.05) is 48.2 Å². The molecule has 18 heavy (non-hydrogen) atoms. The monoisotopic (exact) mass is 253 g/mol. The van der Waals surface area contributed by atoms with Gasteiger partial charge in [0, 0.05) is 20.9 Å². The molecule has 3 heteroatoms. The molecule has 2 nitrogen and oxygen atoms in total. The van der Waals surface area contributed by atoms with E-state index in [9.17, 15) is 5.11 Å². The van der Waals surface area contributed by atoms with Gasteiger partial charge in [0.15, 0.2) is 0 Å². The number of aliphatic hydroxyl groups is 1. The second-order valence-corrected chi connectivity index (χ2v) is 5.37. The Bertz CT molecular complexity index is 599. The van der Waals surface area contributed by atoms with Crippen molar-refractivity contribution in [2.45, 2.75) is 21.8 Å². The van der Waals surface area contributed by atoms with E-state index in [1.54, 1.807) is 11.8 Å². The van der Waals surface area contributed by atoms with Gasteiger partial charge in [0.05, 0.1) is 12.5 Å². The van der Waals surface area contributed by atoms with Gasteiger partial charge in [-0.2, -0.15) is 5.26 Å². The minimum absolute atomic E-state index is 0.0710. The van der Waals surface area contributed by atoms with E-state index in [-0.39, 0.29) is 6.42 Å². The smallest absolute Gasteiger partial charge is 0.130 e. The summed E-state index contributed by atoms with van der Waals surface area (Å²) >= 11 is 1.64. The molecule has 1 aliphatic heterocycles. The molecule has 88 valence electrons. The van der Waals surface area contributed by atoms with E-state index < -0.39 is 5.60 Å². The summed E-state index contributed by atoms with van der Waals surface area (Å²) in [6, 6.07) is 17.6. The Morgan fingerprint density at radius 3 is 2.00 bits per heavy atom. The van der Waals surface area contributed by atoms with Gasteiger partial charge >= 0.3 is 0 Å². The summed E-state index contributed by atoms with van der Waals surface area (Å²) in [6.45, 7) is 0. The standard InChI is InChI=1S/C15H11NOS/c16-10-9-15(17)11-5-1-3-7-13(11)18-14-8-4-2-6-12(14)15/h1-8,17H,9H2. The quantitative estimate of drug-likeness (QED) is 0.848. The van der Waals surface area contributed by atoms with Crippen molar-refractivity contribution in [3.8, 4) is 6.07 Å². The van der Waals surface area contributed by atoms with Crippen molar-refractivity contribution in [2.24, 2.45) is 0 Å². The van der Waals surface area contributed by atoms with Crippen LogP contribution in [0.1, 0.15) is 17.5 Å². The van der Waals surface area contributed by atoms with Gasteiger partial charge in [-0.05, 0) is 12.1 Å². The van der Waals surface area contributed by atoms with Crippen molar-refractivity contribution < 1.29 is 5.11 Å². The highest BCUT2D eigenvalue weighted by atomic mass is 32.2. The highest BCUT2D eigenvalue weighted by Gasteiger charge is 2.38. The Balaban J connectivity index is 2.28. The topological polar surface area (TPSA) is 44.0 Å². The van der Waals surface area contributed by atoms with Crippen molar-refractivity contribution in [2.75, 3.05) is 0 Å². The zero-order chi connectivity index (χ0) is 12.6. The molecule has 0 saturated heterocycles. The Morgan fingerprint density at radius 2 is 1.50 bits per heavy atom. The fraction of sp³-hybridized carbons (Fsp3) is 0.133. The van der Waals surface area contributed by atoms with Crippen LogP contribution in [-0.2, 0) is 5.60 Å². The normalized spacial score (nSPS) is 15.3. The molecule has 2 aromatic rings. The predicted molar refractivity (Wildman–Crippen MR) is 70.2 cm³/mol. The number of nitriles is 1. The Labute approximate surface area is 110 Å². The molecule has 0 atom stereocenters. The van der Waals surface area contributed by atoms with Crippen LogP contribution >= 0.6 is 11.8 Å². The van der Waals surface area contributed by atoms with E-state index in [0.717, 1.165) is 20.9 Å². The fourth-order valence-corrected chi connectivity index (χ4v) is 3.59. The van der Waals surface area contributed by atoms with Crippen LogP contribution in [0.4, 0.5) is 0 Å². The first-order valence-corrected chi connectivity index (χ1v) is 6.53. The molecule has 0 radical (unpaired) electrons. The van der Waals surface area contributed by atoms with Crippen LogP contribution in [0, 0.1) is 11.3 Å². The number of hydrogen-bond donors (Lipinski definition) is 1. The Morgan fingerprint density at radius 1 is 1.00 bits per heavy atom. The van der Waals surface area contributed by atoms with Gasteiger partial charge in [-0.25, -0.2) is 0 Å². The van der Waals surface area contributed by atoms with Crippen LogP contribution in [-0.4, -0.2) is 5.11 Å². The number of hydrogen-bond acceptors (Lipinski definition) is 3. The van der Waals surface area contributed by atoms with Gasteiger partial charge in [0.25, 0.3) is 0 Å². The third kappa shape index (κ3) is 1.54. The second kappa shape index (κ2) is 4.16. The average molecular weight is 253 g/mol. The van der Waals surface area contributed by atoms with Gasteiger partial charge in [0.2, 0.25) is 0 Å². The van der Waals surface area contributed by atoms with Crippen LogP contribution in [0.2, 0.25) is 0 Å². The largest absolute Gasteiger partial charge is 0.379 e. The molecular weight excluding hydrogens is 242 g/mol. The SMILES string of the molecule is N#CCC1(O)c2ccccc2Sc2ccccc21. The molecule has 1 aliphatic rings. The second-order valence-electron chi connectivity index (χ2n) is 4.29. The maximum atomic E-state index is 10.9. The van der Waals surface area contributed by atoms with Crippen LogP contribution in [0.15, 0.2) is 58.3 Å². The van der Waals surface area contributed by atoms with Crippen LogP contribution in [0.3, 0.4) is 0 Å². The van der Waals surface area contributed by atoms with Crippen LogP contribution < -0.4 is 0 Å². The Hall–Kier alpha value is -1.76. The van der Waals surface area contributed by atoms with E-state index in [0.29, 0.717) is 0 Å². The molecule has 0 fully saturated rings. The molecule has 3 rings (SSSR count). The van der Waals surface area contributed by atoms with E-state index in [2.05, 4.69) is 6.07 Å². The first-order chi connectivity index (χ1) is 8.75. The predicted octanol–water partition coefficient (Wildman–Crippen LogP) is 3.30. The van der Waals surface area contributed by atoms with Gasteiger partial charge < -0.3 is 5.11 Å². The summed E-state index contributed by atoms with van der Waals surface area (Å²) in [6.07, 6.45) is 0.0710. The molecule has 0 aliphatic carbocycles. The Kier molecular flexibility index (Phi) is 2.62. The highest BCUT2D eigenvalue weighted by molar-refractivity contribution is 7.99. The van der Waals surface area contributed by atoms with Crippen LogP contribution in [0.25, 0.3) is 0 Å². The van der Waals surface area contributed by atoms with Crippen LogP contribution in [0.5, 0.6) is 0 Å². The van der Waals surface area contributed by atoms with E-state index in [4.69, 9.17) is 5.26 Å². The number of benzene rings is 2. The summed E-state index contributed by atoms with van der Waals surface area (Å²) in [4.78, 5) is 2.04. The van der Waals surface area contributed by atoms with E-state index >= 15 is 0 Å². The zero-order valence-corrected chi connectivity index (χ0v) is 10.4. The first-order valence-electron chi connectivity index (χ1n) is 5.72. The van der Waals surface area contributed by atoms with Crippen molar-refractivity contribution in [3.05, 3.63) is 59.7 Å². The number of nitrogens with zero attached hydrogens (tertiary/aromatic N) is 1. The van der Waals surface area contributed by atoms with Crippen molar-refractivity contribution in [1.29, 1.82) is 5.26 Å². The highest BCUT2D eigenvalue weighted by Crippen LogP contribution is 2.49. The number of rotatable bonds is 1. The van der Waals surface area contributed by atoms with E-state index in [1.807, 2.05) is 48.5 Å². The summed E-state index contributed by atoms with van der Waals surface area (Å²) in [5.74, 6) is 0. The lowest BCUT2D eigenvalue weighted by Gasteiger charge is -2.34. The fourth-order valence-electron chi connectivity index (χ4n) is 2.36. The van der Waals surface area contributed by atoms with Gasteiger partial charge in [-0.3, -0.25) is 0 Å². The minimum atomic E-state index is -1.19. The summed E-state index contributed by atoms with van der Waals surface area (Å²) in [7, 11) is 0. The molecule has 0 aromatic heterocycles. The lowest BCUT2D eigenvalue weighted by Crippen LogP contribution is -2.30. The molecule has 0 amide bonds. The third-order valence-electron chi connectivity index (χ3n) is 3.22. The number of fused-ring (bicyclic) bond motifs is 2. The lowest BCUT2D eigenvalue weighted by atomic mass is 9.83. The molecule has 0 spiro atoms.